The number of rotatable bonds is 3. The molecule has 3 heteroatoms. The Morgan fingerprint density at radius 1 is 1.31 bits per heavy atom. The van der Waals surface area contributed by atoms with Crippen molar-refractivity contribution in [2.75, 3.05) is 6.54 Å². The van der Waals surface area contributed by atoms with Gasteiger partial charge in [-0.2, -0.15) is 0 Å². The first-order valence-electron chi connectivity index (χ1n) is 5.48. The first kappa shape index (κ1) is 12.7. The highest BCUT2D eigenvalue weighted by atomic mass is 16.2. The summed E-state index contributed by atoms with van der Waals surface area (Å²) < 4.78 is 0. The highest BCUT2D eigenvalue weighted by Crippen LogP contribution is 2.13. The fourth-order valence-electron chi connectivity index (χ4n) is 1.27. The second-order valence-electron chi connectivity index (χ2n) is 5.17. The Kier molecular flexibility index (Phi) is 4.07. The van der Waals surface area contributed by atoms with Gasteiger partial charge in [0.1, 0.15) is 6.04 Å². The van der Waals surface area contributed by atoms with Crippen LogP contribution in [-0.2, 0) is 4.79 Å². The third kappa shape index (κ3) is 4.03. The Bertz CT molecular complexity index is 341. The van der Waals surface area contributed by atoms with Crippen molar-refractivity contribution >= 4 is 5.91 Å². The van der Waals surface area contributed by atoms with Crippen LogP contribution < -0.4 is 11.1 Å². The maximum Gasteiger partial charge on any atom is 0.241 e. The van der Waals surface area contributed by atoms with Gasteiger partial charge >= 0.3 is 0 Å². The number of carbonyl (C=O) groups excluding carboxylic acids is 1. The summed E-state index contributed by atoms with van der Waals surface area (Å²) in [7, 11) is 0. The van der Waals surface area contributed by atoms with E-state index in [1.54, 1.807) is 0 Å². The van der Waals surface area contributed by atoms with Crippen molar-refractivity contribution in [2.24, 2.45) is 11.1 Å². The predicted molar refractivity (Wildman–Crippen MR) is 65.8 cm³/mol. The third-order valence-corrected chi connectivity index (χ3v) is 2.23. The topological polar surface area (TPSA) is 55.1 Å². The molecule has 88 valence electrons. The molecular weight excluding hydrogens is 200 g/mol. The van der Waals surface area contributed by atoms with Crippen LogP contribution in [-0.4, -0.2) is 12.5 Å². The smallest absolute Gasteiger partial charge is 0.241 e. The predicted octanol–water partition coefficient (Wildman–Crippen LogP) is 1.85. The number of nitrogens with two attached hydrogens (primary N) is 1. The van der Waals surface area contributed by atoms with E-state index in [1.165, 1.54) is 0 Å². The second kappa shape index (κ2) is 5.12. The van der Waals surface area contributed by atoms with E-state index in [9.17, 15) is 4.79 Å². The maximum absolute atomic E-state index is 11.8. The first-order valence-corrected chi connectivity index (χ1v) is 5.48. The number of hydrogen-bond acceptors (Lipinski definition) is 2. The van der Waals surface area contributed by atoms with Crippen LogP contribution in [0.2, 0.25) is 0 Å². The molecule has 3 N–H and O–H groups in total. The highest BCUT2D eigenvalue weighted by Gasteiger charge is 2.17. The van der Waals surface area contributed by atoms with Crippen molar-refractivity contribution in [3.05, 3.63) is 35.9 Å². The Labute approximate surface area is 97.0 Å². The number of hydrogen-bond donors (Lipinski definition) is 2. The van der Waals surface area contributed by atoms with Crippen LogP contribution in [0.1, 0.15) is 32.4 Å². The molecule has 1 amide bonds. The zero-order chi connectivity index (χ0) is 12.2. The molecule has 0 aliphatic rings. The first-order chi connectivity index (χ1) is 7.40. The van der Waals surface area contributed by atoms with Gasteiger partial charge in [0, 0.05) is 6.54 Å². The van der Waals surface area contributed by atoms with Gasteiger partial charge in [-0.3, -0.25) is 4.79 Å². The van der Waals surface area contributed by atoms with E-state index in [4.69, 9.17) is 5.73 Å². The minimum absolute atomic E-state index is 0.0755. The molecule has 0 aliphatic carbocycles. The molecule has 3 nitrogen and oxygen atoms in total. The zero-order valence-corrected chi connectivity index (χ0v) is 10.2. The fraction of sp³-hybridized carbons (Fsp3) is 0.462. The van der Waals surface area contributed by atoms with Gasteiger partial charge in [0.25, 0.3) is 0 Å². The van der Waals surface area contributed by atoms with E-state index >= 15 is 0 Å². The van der Waals surface area contributed by atoms with Crippen molar-refractivity contribution in [2.45, 2.75) is 26.8 Å². The van der Waals surface area contributed by atoms with Crippen molar-refractivity contribution in [1.82, 2.24) is 5.32 Å². The van der Waals surface area contributed by atoms with Crippen molar-refractivity contribution in [3.63, 3.8) is 0 Å². The lowest BCUT2D eigenvalue weighted by Crippen LogP contribution is -2.38. The van der Waals surface area contributed by atoms with Crippen LogP contribution in [0, 0.1) is 5.41 Å². The summed E-state index contributed by atoms with van der Waals surface area (Å²) in [5.41, 5.74) is 6.77. The normalized spacial score (nSPS) is 13.2. The van der Waals surface area contributed by atoms with E-state index < -0.39 is 6.04 Å². The Balaban J connectivity index is 2.55. The Morgan fingerprint density at radius 2 is 1.88 bits per heavy atom. The summed E-state index contributed by atoms with van der Waals surface area (Å²) in [6, 6.07) is 8.81. The molecule has 0 spiro atoms. The molecule has 0 bridgehead atoms. The van der Waals surface area contributed by atoms with E-state index in [0.29, 0.717) is 6.54 Å². The Hall–Kier alpha value is -1.35. The van der Waals surface area contributed by atoms with Crippen LogP contribution in [0.25, 0.3) is 0 Å². The molecule has 0 unspecified atom stereocenters. The quantitative estimate of drug-likeness (QED) is 0.816. The summed E-state index contributed by atoms with van der Waals surface area (Å²) >= 11 is 0. The van der Waals surface area contributed by atoms with Crippen LogP contribution >= 0.6 is 0 Å². The molecule has 0 saturated carbocycles. The second-order valence-corrected chi connectivity index (χ2v) is 5.17. The maximum atomic E-state index is 11.8. The molecule has 0 aromatic heterocycles. The lowest BCUT2D eigenvalue weighted by atomic mass is 9.96. The van der Waals surface area contributed by atoms with Crippen LogP contribution in [0.4, 0.5) is 0 Å². The Morgan fingerprint density at radius 3 is 2.38 bits per heavy atom. The monoisotopic (exact) mass is 220 g/mol. The van der Waals surface area contributed by atoms with E-state index in [2.05, 4.69) is 26.1 Å². The highest BCUT2D eigenvalue weighted by molar-refractivity contribution is 5.82. The van der Waals surface area contributed by atoms with Gasteiger partial charge in [0.2, 0.25) is 5.91 Å². The molecule has 0 radical (unpaired) electrons. The summed E-state index contributed by atoms with van der Waals surface area (Å²) in [4.78, 5) is 11.8. The minimum atomic E-state index is -0.580. The summed E-state index contributed by atoms with van der Waals surface area (Å²) in [6.07, 6.45) is 0. The number of carbonyl (C=O) groups is 1. The van der Waals surface area contributed by atoms with Gasteiger partial charge < -0.3 is 11.1 Å². The number of amides is 1. The van der Waals surface area contributed by atoms with E-state index in [-0.39, 0.29) is 11.3 Å². The number of nitrogens with one attached hydrogen (secondary N) is 1. The summed E-state index contributed by atoms with van der Waals surface area (Å²) in [6.45, 7) is 6.84. The van der Waals surface area contributed by atoms with Gasteiger partial charge in [-0.1, -0.05) is 51.1 Å². The number of benzene rings is 1. The van der Waals surface area contributed by atoms with Crippen molar-refractivity contribution in [3.8, 4) is 0 Å². The van der Waals surface area contributed by atoms with Gasteiger partial charge in [-0.15, -0.1) is 0 Å². The van der Waals surface area contributed by atoms with Crippen LogP contribution in [0.15, 0.2) is 30.3 Å². The lowest BCUT2D eigenvalue weighted by Gasteiger charge is -2.20. The third-order valence-electron chi connectivity index (χ3n) is 2.23. The molecule has 1 rings (SSSR count). The van der Waals surface area contributed by atoms with Crippen LogP contribution in [0.3, 0.4) is 0 Å². The van der Waals surface area contributed by atoms with Gasteiger partial charge in [-0.05, 0) is 11.0 Å². The largest absolute Gasteiger partial charge is 0.354 e. The average Bonchev–Trinajstić information content (AvgIpc) is 2.25. The minimum Gasteiger partial charge on any atom is -0.354 e. The molecule has 0 aliphatic heterocycles. The summed E-state index contributed by atoms with van der Waals surface area (Å²) in [5, 5.41) is 2.86. The standard InChI is InChI=1S/C13H20N2O/c1-13(2,3)9-15-12(16)11(14)10-7-5-4-6-8-10/h4-8,11H,9,14H2,1-3H3,(H,15,16)/t11-/m1/s1. The average molecular weight is 220 g/mol. The SMILES string of the molecule is CC(C)(C)CNC(=O)[C@H](N)c1ccccc1. The fourth-order valence-corrected chi connectivity index (χ4v) is 1.27. The van der Waals surface area contributed by atoms with E-state index in [1.807, 2.05) is 30.3 Å². The molecule has 0 fully saturated rings. The molecule has 16 heavy (non-hydrogen) atoms. The molecular formula is C13H20N2O. The van der Waals surface area contributed by atoms with Gasteiger partial charge in [0.05, 0.1) is 0 Å². The lowest BCUT2D eigenvalue weighted by molar-refractivity contribution is -0.122. The van der Waals surface area contributed by atoms with E-state index in [0.717, 1.165) is 5.56 Å². The summed E-state index contributed by atoms with van der Waals surface area (Å²) in [5.74, 6) is -0.124. The van der Waals surface area contributed by atoms with Crippen molar-refractivity contribution < 1.29 is 4.79 Å². The van der Waals surface area contributed by atoms with Gasteiger partial charge in [-0.25, -0.2) is 0 Å². The molecule has 0 saturated heterocycles. The van der Waals surface area contributed by atoms with Gasteiger partial charge in [0.15, 0.2) is 0 Å². The molecule has 1 atom stereocenters. The molecule has 1 aromatic rings. The zero-order valence-electron chi connectivity index (χ0n) is 10.2. The molecule has 1 aromatic carbocycles. The molecule has 0 heterocycles. The van der Waals surface area contributed by atoms with Crippen molar-refractivity contribution in [1.29, 1.82) is 0 Å². The van der Waals surface area contributed by atoms with Crippen LogP contribution in [0.5, 0.6) is 0 Å².